The van der Waals surface area contributed by atoms with Crippen LogP contribution in [0.1, 0.15) is 23.6 Å². The van der Waals surface area contributed by atoms with Crippen LogP contribution < -0.4 is 10.2 Å². The third-order valence-corrected chi connectivity index (χ3v) is 4.71. The number of morpholine rings is 1. The quantitative estimate of drug-likeness (QED) is 0.865. The second-order valence-electron chi connectivity index (χ2n) is 6.38. The standard InChI is InChI=1S/C16H23N7O/c1-12-20-21-15-3-2-14(11-23(12)15)17-8-13-9-18-16(19-10-13)22-4-6-24-7-5-22/h9-10,14,17H,2-8,11H2,1H3. The van der Waals surface area contributed by atoms with Crippen molar-refractivity contribution in [3.05, 3.63) is 29.6 Å². The van der Waals surface area contributed by atoms with Gasteiger partial charge in [-0.15, -0.1) is 10.2 Å². The van der Waals surface area contributed by atoms with Gasteiger partial charge in [-0.3, -0.25) is 0 Å². The number of anilines is 1. The molecule has 8 nitrogen and oxygen atoms in total. The van der Waals surface area contributed by atoms with Crippen LogP contribution in [0.5, 0.6) is 0 Å². The zero-order valence-corrected chi connectivity index (χ0v) is 14.0. The first-order valence-corrected chi connectivity index (χ1v) is 8.55. The fourth-order valence-corrected chi connectivity index (χ4v) is 3.26. The second-order valence-corrected chi connectivity index (χ2v) is 6.38. The Kier molecular flexibility index (Phi) is 4.40. The summed E-state index contributed by atoms with van der Waals surface area (Å²) in [5.74, 6) is 2.89. The lowest BCUT2D eigenvalue weighted by molar-refractivity contribution is 0.122. The summed E-state index contributed by atoms with van der Waals surface area (Å²) in [5, 5.41) is 12.0. The van der Waals surface area contributed by atoms with E-state index in [1.54, 1.807) is 0 Å². The molecule has 1 atom stereocenters. The third kappa shape index (κ3) is 3.25. The summed E-state index contributed by atoms with van der Waals surface area (Å²) in [6, 6.07) is 0.436. The topological polar surface area (TPSA) is 81.0 Å². The van der Waals surface area contributed by atoms with Crippen molar-refractivity contribution in [1.82, 2.24) is 30.0 Å². The van der Waals surface area contributed by atoms with Crippen molar-refractivity contribution in [2.75, 3.05) is 31.2 Å². The molecule has 0 amide bonds. The third-order valence-electron chi connectivity index (χ3n) is 4.71. The number of aryl methyl sites for hydroxylation is 2. The molecule has 128 valence electrons. The molecule has 1 saturated heterocycles. The highest BCUT2D eigenvalue weighted by Crippen LogP contribution is 2.15. The van der Waals surface area contributed by atoms with Crippen LogP contribution in [0.3, 0.4) is 0 Å². The SMILES string of the molecule is Cc1nnc2n1CC(NCc1cnc(N3CCOCC3)nc1)CC2. The number of nitrogens with one attached hydrogen (secondary N) is 1. The maximum absolute atomic E-state index is 5.36. The van der Waals surface area contributed by atoms with E-state index in [0.717, 1.165) is 75.4 Å². The van der Waals surface area contributed by atoms with Crippen LogP contribution in [-0.2, 0) is 24.2 Å². The molecule has 1 unspecified atom stereocenters. The zero-order chi connectivity index (χ0) is 16.4. The monoisotopic (exact) mass is 329 g/mol. The highest BCUT2D eigenvalue weighted by atomic mass is 16.5. The maximum Gasteiger partial charge on any atom is 0.225 e. The highest BCUT2D eigenvalue weighted by molar-refractivity contribution is 5.30. The smallest absolute Gasteiger partial charge is 0.225 e. The molecule has 2 aliphatic heterocycles. The van der Waals surface area contributed by atoms with Crippen molar-refractivity contribution in [2.24, 2.45) is 0 Å². The van der Waals surface area contributed by atoms with Crippen LogP contribution in [-0.4, -0.2) is 57.1 Å². The summed E-state index contributed by atoms with van der Waals surface area (Å²) in [4.78, 5) is 11.2. The molecule has 8 heteroatoms. The number of hydrogen-bond acceptors (Lipinski definition) is 7. The predicted molar refractivity (Wildman–Crippen MR) is 88.8 cm³/mol. The van der Waals surface area contributed by atoms with Crippen molar-refractivity contribution >= 4 is 5.95 Å². The summed E-state index contributed by atoms with van der Waals surface area (Å²) in [5.41, 5.74) is 1.11. The van der Waals surface area contributed by atoms with Crippen LogP contribution in [0.25, 0.3) is 0 Å². The van der Waals surface area contributed by atoms with Crippen molar-refractivity contribution in [2.45, 2.75) is 38.9 Å². The summed E-state index contributed by atoms with van der Waals surface area (Å²) in [6.07, 6.45) is 5.90. The summed E-state index contributed by atoms with van der Waals surface area (Å²) in [7, 11) is 0. The summed E-state index contributed by atoms with van der Waals surface area (Å²) in [6.45, 7) is 6.95. The Bertz CT molecular complexity index is 678. The molecule has 2 aliphatic rings. The van der Waals surface area contributed by atoms with Gasteiger partial charge in [0.05, 0.1) is 13.2 Å². The van der Waals surface area contributed by atoms with Gasteiger partial charge in [-0.25, -0.2) is 9.97 Å². The molecular formula is C16H23N7O. The van der Waals surface area contributed by atoms with Gasteiger partial charge in [0.15, 0.2) is 0 Å². The van der Waals surface area contributed by atoms with Gasteiger partial charge in [-0.2, -0.15) is 0 Å². The van der Waals surface area contributed by atoms with E-state index in [1.165, 1.54) is 0 Å². The Hall–Kier alpha value is -2.06. The van der Waals surface area contributed by atoms with E-state index < -0.39 is 0 Å². The number of aromatic nitrogens is 5. The Morgan fingerprint density at radius 1 is 1.21 bits per heavy atom. The Balaban J connectivity index is 1.32. The van der Waals surface area contributed by atoms with E-state index >= 15 is 0 Å². The van der Waals surface area contributed by atoms with Crippen molar-refractivity contribution in [1.29, 1.82) is 0 Å². The molecule has 0 spiro atoms. The molecule has 2 aromatic heterocycles. The summed E-state index contributed by atoms with van der Waals surface area (Å²) < 4.78 is 7.57. The lowest BCUT2D eigenvalue weighted by atomic mass is 10.1. The minimum atomic E-state index is 0.436. The van der Waals surface area contributed by atoms with E-state index in [0.29, 0.717) is 6.04 Å². The van der Waals surface area contributed by atoms with Crippen LogP contribution in [0.4, 0.5) is 5.95 Å². The van der Waals surface area contributed by atoms with E-state index in [4.69, 9.17) is 4.74 Å². The van der Waals surface area contributed by atoms with Gasteiger partial charge in [0.25, 0.3) is 0 Å². The minimum Gasteiger partial charge on any atom is -0.378 e. The van der Waals surface area contributed by atoms with Gasteiger partial charge >= 0.3 is 0 Å². The molecule has 0 bridgehead atoms. The lowest BCUT2D eigenvalue weighted by Crippen LogP contribution is -2.38. The number of nitrogens with zero attached hydrogens (tertiary/aromatic N) is 6. The van der Waals surface area contributed by atoms with Gasteiger partial charge in [-0.1, -0.05) is 0 Å². The fourth-order valence-electron chi connectivity index (χ4n) is 3.26. The van der Waals surface area contributed by atoms with E-state index in [1.807, 2.05) is 19.3 Å². The summed E-state index contributed by atoms with van der Waals surface area (Å²) >= 11 is 0. The first-order valence-electron chi connectivity index (χ1n) is 8.55. The van der Waals surface area contributed by atoms with Crippen LogP contribution in [0.2, 0.25) is 0 Å². The number of rotatable bonds is 4. The number of fused-ring (bicyclic) bond motifs is 1. The van der Waals surface area contributed by atoms with Gasteiger partial charge in [0.1, 0.15) is 11.6 Å². The molecule has 1 fully saturated rings. The molecule has 2 aromatic rings. The molecule has 0 aromatic carbocycles. The molecule has 0 radical (unpaired) electrons. The predicted octanol–water partition coefficient (Wildman–Crippen LogP) is 0.318. The molecule has 1 N–H and O–H groups in total. The molecule has 4 heterocycles. The van der Waals surface area contributed by atoms with Crippen molar-refractivity contribution in [3.63, 3.8) is 0 Å². The van der Waals surface area contributed by atoms with Gasteiger partial charge in [-0.05, 0) is 13.3 Å². The average molecular weight is 329 g/mol. The average Bonchev–Trinajstić information content (AvgIpc) is 3.02. The molecular weight excluding hydrogens is 306 g/mol. The van der Waals surface area contributed by atoms with Gasteiger partial charge in [0, 0.05) is 56.6 Å². The van der Waals surface area contributed by atoms with E-state index in [-0.39, 0.29) is 0 Å². The zero-order valence-electron chi connectivity index (χ0n) is 14.0. The first-order chi connectivity index (χ1) is 11.8. The van der Waals surface area contributed by atoms with E-state index in [2.05, 4.69) is 34.9 Å². The Morgan fingerprint density at radius 3 is 2.79 bits per heavy atom. The van der Waals surface area contributed by atoms with Gasteiger partial charge in [0.2, 0.25) is 5.95 Å². The normalized spacial score (nSPS) is 20.9. The fraction of sp³-hybridized carbons (Fsp3) is 0.625. The Labute approximate surface area is 141 Å². The first kappa shape index (κ1) is 15.5. The highest BCUT2D eigenvalue weighted by Gasteiger charge is 2.21. The van der Waals surface area contributed by atoms with Crippen molar-refractivity contribution < 1.29 is 4.74 Å². The molecule has 4 rings (SSSR count). The van der Waals surface area contributed by atoms with E-state index in [9.17, 15) is 0 Å². The minimum absolute atomic E-state index is 0.436. The van der Waals surface area contributed by atoms with Crippen molar-refractivity contribution in [3.8, 4) is 0 Å². The van der Waals surface area contributed by atoms with Crippen LogP contribution >= 0.6 is 0 Å². The maximum atomic E-state index is 5.36. The van der Waals surface area contributed by atoms with Gasteiger partial charge < -0.3 is 19.5 Å². The largest absolute Gasteiger partial charge is 0.378 e. The molecule has 24 heavy (non-hydrogen) atoms. The van der Waals surface area contributed by atoms with Crippen LogP contribution in [0, 0.1) is 6.92 Å². The Morgan fingerprint density at radius 2 is 2.00 bits per heavy atom. The lowest BCUT2D eigenvalue weighted by Gasteiger charge is -2.27. The number of ether oxygens (including phenoxy) is 1. The van der Waals surface area contributed by atoms with Crippen LogP contribution in [0.15, 0.2) is 12.4 Å². The molecule has 0 saturated carbocycles. The number of hydrogen-bond donors (Lipinski definition) is 1. The second kappa shape index (κ2) is 6.82. The molecule has 0 aliphatic carbocycles.